The van der Waals surface area contributed by atoms with Crippen molar-refractivity contribution in [2.24, 2.45) is 0 Å². The van der Waals surface area contributed by atoms with Gasteiger partial charge in [-0.15, -0.1) is 0 Å². The lowest BCUT2D eigenvalue weighted by Crippen LogP contribution is -2.53. The van der Waals surface area contributed by atoms with E-state index in [2.05, 4.69) is 4.72 Å². The second-order valence-electron chi connectivity index (χ2n) is 5.93. The quantitative estimate of drug-likeness (QED) is 0.778. The van der Waals surface area contributed by atoms with Crippen LogP contribution in [-0.2, 0) is 27.5 Å². The lowest BCUT2D eigenvalue weighted by Gasteiger charge is -2.33. The van der Waals surface area contributed by atoms with Crippen molar-refractivity contribution in [2.75, 3.05) is 39.3 Å². The van der Waals surface area contributed by atoms with Crippen LogP contribution in [0.2, 0.25) is 0 Å². The standard InChI is InChI=1S/C16H22F3N3O4S/c1-2-26-15(23)21-9-11-22(12-10-21)27(24,25)20-8-7-13-3-5-14(6-4-13)16(17,18)19/h3-6,20H,2,7-12H2,1H3. The van der Waals surface area contributed by atoms with Gasteiger partial charge in [0.2, 0.25) is 0 Å². The third-order valence-corrected chi connectivity index (χ3v) is 5.70. The molecule has 1 amide bonds. The minimum absolute atomic E-state index is 0.0613. The van der Waals surface area contributed by atoms with Gasteiger partial charge in [-0.3, -0.25) is 0 Å². The summed E-state index contributed by atoms with van der Waals surface area (Å²) in [5.74, 6) is 0. The SMILES string of the molecule is CCOC(=O)N1CCN(S(=O)(=O)NCCc2ccc(C(F)(F)F)cc2)CC1. The molecule has 0 aromatic heterocycles. The molecule has 0 aliphatic carbocycles. The number of alkyl halides is 3. The molecule has 0 spiro atoms. The highest BCUT2D eigenvalue weighted by Gasteiger charge is 2.30. The van der Waals surface area contributed by atoms with Gasteiger partial charge in [0, 0.05) is 32.7 Å². The largest absolute Gasteiger partial charge is 0.450 e. The number of hydrogen-bond acceptors (Lipinski definition) is 4. The second kappa shape index (κ2) is 8.89. The third kappa shape index (κ3) is 6.08. The number of ether oxygens (including phenoxy) is 1. The molecule has 1 aliphatic rings. The lowest BCUT2D eigenvalue weighted by atomic mass is 10.1. The van der Waals surface area contributed by atoms with Crippen molar-refractivity contribution < 1.29 is 31.1 Å². The predicted molar refractivity (Wildman–Crippen MR) is 92.2 cm³/mol. The fraction of sp³-hybridized carbons (Fsp3) is 0.562. The Bertz CT molecular complexity index is 730. The van der Waals surface area contributed by atoms with E-state index >= 15 is 0 Å². The molecule has 1 aromatic rings. The second-order valence-corrected chi connectivity index (χ2v) is 7.68. The van der Waals surface area contributed by atoms with Crippen molar-refractivity contribution in [1.29, 1.82) is 0 Å². The molecule has 1 saturated heterocycles. The molecule has 11 heteroatoms. The minimum atomic E-state index is -4.40. The molecule has 0 saturated carbocycles. The van der Waals surface area contributed by atoms with E-state index in [1.807, 2.05) is 0 Å². The maximum atomic E-state index is 12.5. The van der Waals surface area contributed by atoms with Gasteiger partial charge in [0.15, 0.2) is 0 Å². The van der Waals surface area contributed by atoms with E-state index in [0.29, 0.717) is 5.56 Å². The number of carbonyl (C=O) groups excluding carboxylic acids is 1. The predicted octanol–water partition coefficient (Wildman–Crippen LogP) is 1.86. The van der Waals surface area contributed by atoms with E-state index in [-0.39, 0.29) is 45.8 Å². The van der Waals surface area contributed by atoms with Crippen molar-refractivity contribution in [1.82, 2.24) is 13.9 Å². The number of nitrogens with one attached hydrogen (secondary N) is 1. The molecule has 1 aliphatic heterocycles. The van der Waals surface area contributed by atoms with Crippen LogP contribution in [0.5, 0.6) is 0 Å². The van der Waals surface area contributed by atoms with Crippen LogP contribution in [0.1, 0.15) is 18.1 Å². The molecule has 0 unspecified atom stereocenters. The average Bonchev–Trinajstić information content (AvgIpc) is 2.61. The molecule has 1 heterocycles. The van der Waals surface area contributed by atoms with Gasteiger partial charge in [-0.1, -0.05) is 12.1 Å². The van der Waals surface area contributed by atoms with E-state index in [1.165, 1.54) is 21.3 Å². The highest BCUT2D eigenvalue weighted by atomic mass is 32.2. The van der Waals surface area contributed by atoms with Crippen LogP contribution in [0.25, 0.3) is 0 Å². The number of hydrogen-bond donors (Lipinski definition) is 1. The van der Waals surface area contributed by atoms with Crippen molar-refractivity contribution in [3.63, 3.8) is 0 Å². The van der Waals surface area contributed by atoms with Gasteiger partial charge in [0.25, 0.3) is 10.2 Å². The molecule has 152 valence electrons. The van der Waals surface area contributed by atoms with Crippen molar-refractivity contribution >= 4 is 16.3 Å². The molecular weight excluding hydrogens is 387 g/mol. The monoisotopic (exact) mass is 409 g/mol. The topological polar surface area (TPSA) is 79.0 Å². The first-order valence-corrected chi connectivity index (χ1v) is 9.90. The number of piperazine rings is 1. The minimum Gasteiger partial charge on any atom is -0.450 e. The number of halogens is 3. The summed E-state index contributed by atoms with van der Waals surface area (Å²) in [6.45, 7) is 2.77. The van der Waals surface area contributed by atoms with Crippen LogP contribution < -0.4 is 4.72 Å². The number of amides is 1. The Morgan fingerprint density at radius 1 is 1.15 bits per heavy atom. The van der Waals surface area contributed by atoms with E-state index in [4.69, 9.17) is 4.74 Å². The number of rotatable bonds is 6. The van der Waals surface area contributed by atoms with Crippen molar-refractivity contribution in [3.8, 4) is 0 Å². The molecule has 0 bridgehead atoms. The first-order valence-electron chi connectivity index (χ1n) is 8.46. The molecule has 27 heavy (non-hydrogen) atoms. The average molecular weight is 409 g/mol. The lowest BCUT2D eigenvalue weighted by molar-refractivity contribution is -0.137. The van der Waals surface area contributed by atoms with E-state index in [1.54, 1.807) is 6.92 Å². The normalized spacial score (nSPS) is 16.4. The Labute approximate surface area is 156 Å². The summed E-state index contributed by atoms with van der Waals surface area (Å²) in [7, 11) is -3.72. The summed E-state index contributed by atoms with van der Waals surface area (Å²) in [4.78, 5) is 13.1. The van der Waals surface area contributed by atoms with Gasteiger partial charge in [0.05, 0.1) is 12.2 Å². The van der Waals surface area contributed by atoms with Gasteiger partial charge in [-0.25, -0.2) is 9.52 Å². The number of nitrogens with zero attached hydrogens (tertiary/aromatic N) is 2. The Balaban J connectivity index is 1.81. The van der Waals surface area contributed by atoms with Crippen LogP contribution in [0.3, 0.4) is 0 Å². The maximum absolute atomic E-state index is 12.5. The summed E-state index contributed by atoms with van der Waals surface area (Å²) in [5, 5.41) is 0. The van der Waals surface area contributed by atoms with Crippen molar-refractivity contribution in [3.05, 3.63) is 35.4 Å². The van der Waals surface area contributed by atoms with Crippen LogP contribution in [0.4, 0.5) is 18.0 Å². The maximum Gasteiger partial charge on any atom is 0.416 e. The first kappa shape index (κ1) is 21.5. The summed E-state index contributed by atoms with van der Waals surface area (Å²) in [6.07, 6.45) is -4.60. The van der Waals surface area contributed by atoms with Crippen LogP contribution in [-0.4, -0.2) is 63.0 Å². The molecular formula is C16H22F3N3O4S. The van der Waals surface area contributed by atoms with Gasteiger partial charge in [0.1, 0.15) is 0 Å². The fourth-order valence-electron chi connectivity index (χ4n) is 2.60. The highest BCUT2D eigenvalue weighted by Crippen LogP contribution is 2.29. The zero-order valence-electron chi connectivity index (χ0n) is 14.8. The van der Waals surface area contributed by atoms with Gasteiger partial charge >= 0.3 is 12.3 Å². The Morgan fingerprint density at radius 2 is 1.74 bits per heavy atom. The third-order valence-electron chi connectivity index (χ3n) is 4.08. The van der Waals surface area contributed by atoms with Crippen LogP contribution in [0, 0.1) is 0 Å². The van der Waals surface area contributed by atoms with Crippen LogP contribution in [0.15, 0.2) is 24.3 Å². The van der Waals surface area contributed by atoms with Gasteiger partial charge < -0.3 is 9.64 Å². The fourth-order valence-corrected chi connectivity index (χ4v) is 3.79. The first-order chi connectivity index (χ1) is 12.6. The van der Waals surface area contributed by atoms with Gasteiger partial charge in [-0.2, -0.15) is 25.9 Å². The van der Waals surface area contributed by atoms with E-state index in [9.17, 15) is 26.4 Å². The zero-order valence-corrected chi connectivity index (χ0v) is 15.6. The Morgan fingerprint density at radius 3 is 2.26 bits per heavy atom. The molecule has 0 atom stereocenters. The Kier molecular flexibility index (Phi) is 7.06. The van der Waals surface area contributed by atoms with E-state index < -0.39 is 28.0 Å². The van der Waals surface area contributed by atoms with Crippen molar-refractivity contribution in [2.45, 2.75) is 19.5 Å². The highest BCUT2D eigenvalue weighted by molar-refractivity contribution is 7.87. The Hall–Kier alpha value is -1.85. The summed E-state index contributed by atoms with van der Waals surface area (Å²) < 4.78 is 70.7. The molecule has 1 fully saturated rings. The van der Waals surface area contributed by atoms with E-state index in [0.717, 1.165) is 12.1 Å². The number of carbonyl (C=O) groups is 1. The summed E-state index contributed by atoms with van der Waals surface area (Å²) >= 11 is 0. The molecule has 1 aromatic carbocycles. The molecule has 0 radical (unpaired) electrons. The summed E-state index contributed by atoms with van der Waals surface area (Å²) in [6, 6.07) is 4.60. The van der Waals surface area contributed by atoms with Gasteiger partial charge in [-0.05, 0) is 31.0 Å². The summed E-state index contributed by atoms with van der Waals surface area (Å²) in [5.41, 5.74) is -0.149. The molecule has 2 rings (SSSR count). The number of benzene rings is 1. The zero-order chi connectivity index (χ0) is 20.1. The molecule has 1 N–H and O–H groups in total. The smallest absolute Gasteiger partial charge is 0.416 e. The van der Waals surface area contributed by atoms with Crippen LogP contribution >= 0.6 is 0 Å². The molecule has 7 nitrogen and oxygen atoms in total.